The largest absolute Gasteiger partial charge is 0.329 e. The van der Waals surface area contributed by atoms with Crippen molar-refractivity contribution in [2.75, 3.05) is 13.1 Å². The third kappa shape index (κ3) is 3.32. The van der Waals surface area contributed by atoms with Gasteiger partial charge in [-0.1, -0.05) is 37.3 Å². The Balaban J connectivity index is 2.88. The summed E-state index contributed by atoms with van der Waals surface area (Å²) in [6, 6.07) is 11.8. The number of likely N-dealkylation sites (N-methyl/N-ethyl adjacent to an activating group) is 1. The van der Waals surface area contributed by atoms with Gasteiger partial charge < -0.3 is 4.90 Å². The lowest BCUT2D eigenvalue weighted by Crippen LogP contribution is -2.35. The summed E-state index contributed by atoms with van der Waals surface area (Å²) >= 11 is 0. The first-order valence-corrected chi connectivity index (χ1v) is 5.95. The average molecular weight is 230 g/mol. The Morgan fingerprint density at radius 3 is 2.47 bits per heavy atom. The predicted molar refractivity (Wildman–Crippen MR) is 67.3 cm³/mol. The number of carbonyl (C=O) groups excluding carboxylic acids is 1. The minimum absolute atomic E-state index is 0.0442. The Kier molecular flexibility index (Phi) is 5.22. The number of nitrogens with zero attached hydrogens (tertiary/aromatic N) is 2. The van der Waals surface area contributed by atoms with E-state index in [4.69, 9.17) is 5.26 Å². The van der Waals surface area contributed by atoms with E-state index in [1.165, 1.54) is 0 Å². The van der Waals surface area contributed by atoms with E-state index in [0.29, 0.717) is 6.54 Å². The normalized spacial score (nSPS) is 11.6. The highest BCUT2D eigenvalue weighted by Gasteiger charge is 2.22. The molecule has 0 aromatic heterocycles. The molecule has 90 valence electrons. The first-order chi connectivity index (χ1) is 8.24. The zero-order valence-electron chi connectivity index (χ0n) is 10.4. The first-order valence-electron chi connectivity index (χ1n) is 5.95. The molecule has 3 heteroatoms. The summed E-state index contributed by atoms with van der Waals surface area (Å²) in [5.41, 5.74) is 1.02. The van der Waals surface area contributed by atoms with Crippen molar-refractivity contribution in [3.05, 3.63) is 35.9 Å². The number of hydrogen-bond donors (Lipinski definition) is 0. The Labute approximate surface area is 103 Å². The summed E-state index contributed by atoms with van der Waals surface area (Å²) in [5, 5.41) is 8.70. The monoisotopic (exact) mass is 230 g/mol. The van der Waals surface area contributed by atoms with Crippen molar-refractivity contribution in [3.8, 4) is 6.07 Å². The molecule has 0 spiro atoms. The molecule has 3 nitrogen and oxygen atoms in total. The summed E-state index contributed by atoms with van der Waals surface area (Å²) in [6.45, 7) is 4.64. The summed E-state index contributed by atoms with van der Waals surface area (Å²) in [5.74, 6) is -0.0905. The fraction of sp³-hybridized carbons (Fsp3) is 0.429. The van der Waals surface area contributed by atoms with Gasteiger partial charge in [0.05, 0.1) is 12.0 Å². The average Bonchev–Trinajstić information content (AvgIpc) is 2.38. The lowest BCUT2D eigenvalue weighted by Gasteiger charge is -2.23. The van der Waals surface area contributed by atoms with Gasteiger partial charge in [-0.15, -0.1) is 0 Å². The minimum atomic E-state index is -0.135. The zero-order chi connectivity index (χ0) is 12.7. The van der Waals surface area contributed by atoms with Crippen LogP contribution >= 0.6 is 0 Å². The Hall–Kier alpha value is -1.82. The number of amides is 1. The van der Waals surface area contributed by atoms with Gasteiger partial charge in [0.25, 0.3) is 0 Å². The van der Waals surface area contributed by atoms with Crippen LogP contribution in [-0.2, 0) is 4.79 Å². The topological polar surface area (TPSA) is 44.1 Å². The Morgan fingerprint density at radius 1 is 1.35 bits per heavy atom. The van der Waals surface area contributed by atoms with E-state index in [-0.39, 0.29) is 18.4 Å². The van der Waals surface area contributed by atoms with Crippen molar-refractivity contribution < 1.29 is 4.79 Å². The van der Waals surface area contributed by atoms with Crippen LogP contribution in [0.4, 0.5) is 0 Å². The SMILES string of the molecule is CCC(C(=O)N(CC)CC#N)c1ccccc1. The predicted octanol–water partition coefficient (Wildman–Crippen LogP) is 2.55. The van der Waals surface area contributed by atoms with E-state index in [9.17, 15) is 4.79 Å². The zero-order valence-corrected chi connectivity index (χ0v) is 10.4. The van der Waals surface area contributed by atoms with Gasteiger partial charge in [-0.05, 0) is 18.9 Å². The van der Waals surface area contributed by atoms with Crippen molar-refractivity contribution in [2.45, 2.75) is 26.2 Å². The maximum Gasteiger partial charge on any atom is 0.230 e. The Bertz CT molecular complexity index is 394. The van der Waals surface area contributed by atoms with Gasteiger partial charge in [0.15, 0.2) is 0 Å². The van der Waals surface area contributed by atoms with E-state index in [1.54, 1.807) is 4.90 Å². The number of nitriles is 1. The summed E-state index contributed by atoms with van der Waals surface area (Å²) in [6.07, 6.45) is 0.755. The van der Waals surface area contributed by atoms with Gasteiger partial charge in [-0.3, -0.25) is 4.79 Å². The van der Waals surface area contributed by atoms with Crippen LogP contribution in [-0.4, -0.2) is 23.9 Å². The molecule has 1 aromatic rings. The molecule has 0 aliphatic carbocycles. The summed E-state index contributed by atoms with van der Waals surface area (Å²) in [4.78, 5) is 13.9. The van der Waals surface area contributed by atoms with Crippen molar-refractivity contribution in [2.24, 2.45) is 0 Å². The fourth-order valence-corrected chi connectivity index (χ4v) is 1.89. The van der Waals surface area contributed by atoms with Crippen molar-refractivity contribution in [1.29, 1.82) is 5.26 Å². The molecule has 0 saturated carbocycles. The van der Waals surface area contributed by atoms with Crippen LogP contribution in [0.25, 0.3) is 0 Å². The van der Waals surface area contributed by atoms with Gasteiger partial charge in [0.1, 0.15) is 6.54 Å². The quantitative estimate of drug-likeness (QED) is 0.730. The molecule has 0 heterocycles. The molecule has 1 unspecified atom stereocenters. The van der Waals surface area contributed by atoms with E-state index >= 15 is 0 Å². The number of benzene rings is 1. The molecule has 1 atom stereocenters. The highest BCUT2D eigenvalue weighted by Crippen LogP contribution is 2.21. The molecule has 17 heavy (non-hydrogen) atoms. The lowest BCUT2D eigenvalue weighted by molar-refractivity contribution is -0.132. The molecule has 0 radical (unpaired) electrons. The second kappa shape index (κ2) is 6.70. The standard InChI is InChI=1S/C14H18N2O/c1-3-13(12-8-6-5-7-9-12)14(17)16(4-2)11-10-15/h5-9,13H,3-4,11H2,1-2H3. The van der Waals surface area contributed by atoms with Crippen LogP contribution in [0.1, 0.15) is 31.7 Å². The molecule has 0 bridgehead atoms. The second-order valence-electron chi connectivity index (χ2n) is 3.88. The number of rotatable bonds is 5. The van der Waals surface area contributed by atoms with Crippen LogP contribution < -0.4 is 0 Å². The van der Waals surface area contributed by atoms with Crippen LogP contribution in [0.3, 0.4) is 0 Å². The molecule has 0 N–H and O–H groups in total. The molecule has 1 rings (SSSR count). The van der Waals surface area contributed by atoms with Crippen molar-refractivity contribution in [1.82, 2.24) is 4.90 Å². The van der Waals surface area contributed by atoms with Crippen molar-refractivity contribution in [3.63, 3.8) is 0 Å². The summed E-state index contributed by atoms with van der Waals surface area (Å²) in [7, 11) is 0. The van der Waals surface area contributed by atoms with Gasteiger partial charge in [-0.25, -0.2) is 0 Å². The summed E-state index contributed by atoms with van der Waals surface area (Å²) < 4.78 is 0. The molecule has 0 aliphatic rings. The third-order valence-electron chi connectivity index (χ3n) is 2.86. The molecule has 1 aromatic carbocycles. The first kappa shape index (κ1) is 13.2. The van der Waals surface area contributed by atoms with E-state index in [2.05, 4.69) is 0 Å². The second-order valence-corrected chi connectivity index (χ2v) is 3.88. The van der Waals surface area contributed by atoms with Crippen LogP contribution in [0, 0.1) is 11.3 Å². The molecule has 0 saturated heterocycles. The van der Waals surface area contributed by atoms with E-state index < -0.39 is 0 Å². The van der Waals surface area contributed by atoms with Gasteiger partial charge in [-0.2, -0.15) is 5.26 Å². The van der Waals surface area contributed by atoms with Crippen LogP contribution in [0.15, 0.2) is 30.3 Å². The fourth-order valence-electron chi connectivity index (χ4n) is 1.89. The molecular formula is C14H18N2O. The van der Waals surface area contributed by atoms with Gasteiger partial charge in [0.2, 0.25) is 5.91 Å². The maximum absolute atomic E-state index is 12.3. The highest BCUT2D eigenvalue weighted by molar-refractivity contribution is 5.83. The maximum atomic E-state index is 12.3. The number of carbonyl (C=O) groups is 1. The number of hydrogen-bond acceptors (Lipinski definition) is 2. The smallest absolute Gasteiger partial charge is 0.230 e. The molecular weight excluding hydrogens is 212 g/mol. The van der Waals surface area contributed by atoms with Gasteiger partial charge in [0, 0.05) is 6.54 Å². The van der Waals surface area contributed by atoms with Crippen LogP contribution in [0.2, 0.25) is 0 Å². The molecule has 0 fully saturated rings. The third-order valence-corrected chi connectivity index (χ3v) is 2.86. The highest BCUT2D eigenvalue weighted by atomic mass is 16.2. The van der Waals surface area contributed by atoms with E-state index in [0.717, 1.165) is 12.0 Å². The van der Waals surface area contributed by atoms with Crippen LogP contribution in [0.5, 0.6) is 0 Å². The lowest BCUT2D eigenvalue weighted by atomic mass is 9.95. The van der Waals surface area contributed by atoms with Crippen molar-refractivity contribution >= 4 is 5.91 Å². The van der Waals surface area contributed by atoms with E-state index in [1.807, 2.05) is 50.2 Å². The minimum Gasteiger partial charge on any atom is -0.329 e. The Morgan fingerprint density at radius 2 is 2.00 bits per heavy atom. The van der Waals surface area contributed by atoms with Gasteiger partial charge >= 0.3 is 0 Å². The molecule has 1 amide bonds. The molecule has 0 aliphatic heterocycles.